The summed E-state index contributed by atoms with van der Waals surface area (Å²) in [6.45, 7) is 6.10. The van der Waals surface area contributed by atoms with Crippen molar-refractivity contribution in [2.24, 2.45) is 10.9 Å². The Balaban J connectivity index is 2.23. The van der Waals surface area contributed by atoms with Gasteiger partial charge in [0.2, 0.25) is 0 Å². The highest BCUT2D eigenvalue weighted by atomic mass is 16.5. The fourth-order valence-corrected chi connectivity index (χ4v) is 2.16. The number of hydrogen-bond donors (Lipinski definition) is 1. The summed E-state index contributed by atoms with van der Waals surface area (Å²) in [6.07, 6.45) is 4.94. The zero-order chi connectivity index (χ0) is 12.5. The molecule has 4 nitrogen and oxygen atoms in total. The van der Waals surface area contributed by atoms with Gasteiger partial charge in [0.15, 0.2) is 5.96 Å². The van der Waals surface area contributed by atoms with Crippen LogP contribution in [0.15, 0.2) is 4.99 Å². The van der Waals surface area contributed by atoms with E-state index >= 15 is 0 Å². The molecule has 0 aromatic carbocycles. The lowest BCUT2D eigenvalue weighted by Crippen LogP contribution is -2.41. The van der Waals surface area contributed by atoms with Crippen LogP contribution in [0.25, 0.3) is 0 Å². The van der Waals surface area contributed by atoms with Crippen molar-refractivity contribution in [3.05, 3.63) is 0 Å². The molecule has 17 heavy (non-hydrogen) atoms. The molecule has 1 atom stereocenters. The molecule has 0 spiro atoms. The van der Waals surface area contributed by atoms with Crippen LogP contribution in [0.5, 0.6) is 0 Å². The molecule has 0 bridgehead atoms. The van der Waals surface area contributed by atoms with Crippen LogP contribution in [0.1, 0.15) is 32.6 Å². The van der Waals surface area contributed by atoms with Crippen molar-refractivity contribution in [3.8, 4) is 0 Å². The number of ether oxygens (including phenoxy) is 1. The third-order valence-corrected chi connectivity index (χ3v) is 3.19. The lowest BCUT2D eigenvalue weighted by atomic mass is 10.1. The third kappa shape index (κ3) is 5.39. The Morgan fingerprint density at radius 3 is 2.88 bits per heavy atom. The predicted octanol–water partition coefficient (Wildman–Crippen LogP) is 1.72. The Morgan fingerprint density at radius 2 is 2.29 bits per heavy atom. The molecule has 0 amide bonds. The van der Waals surface area contributed by atoms with Crippen LogP contribution in [0.2, 0.25) is 0 Å². The van der Waals surface area contributed by atoms with Gasteiger partial charge in [0, 0.05) is 39.7 Å². The van der Waals surface area contributed by atoms with Gasteiger partial charge in [-0.2, -0.15) is 0 Å². The Kier molecular flexibility index (Phi) is 7.01. The SMILES string of the molecule is CCCCCNC(=NC)N(C)CC1CCOC1. The van der Waals surface area contributed by atoms with Gasteiger partial charge in [0.1, 0.15) is 0 Å². The molecule has 1 aliphatic rings. The lowest BCUT2D eigenvalue weighted by molar-refractivity contribution is 0.181. The first kappa shape index (κ1) is 14.3. The third-order valence-electron chi connectivity index (χ3n) is 3.19. The Labute approximate surface area is 105 Å². The molecule has 1 aliphatic heterocycles. The largest absolute Gasteiger partial charge is 0.381 e. The second-order valence-electron chi connectivity index (χ2n) is 4.79. The first-order valence-electron chi connectivity index (χ1n) is 6.77. The summed E-state index contributed by atoms with van der Waals surface area (Å²) in [6, 6.07) is 0. The van der Waals surface area contributed by atoms with Crippen molar-refractivity contribution >= 4 is 5.96 Å². The number of aliphatic imine (C=N–C) groups is 1. The molecule has 0 radical (unpaired) electrons. The molecule has 0 aromatic rings. The molecule has 0 aromatic heterocycles. The molecule has 1 unspecified atom stereocenters. The molecular formula is C13H27N3O. The normalized spacial score (nSPS) is 20.6. The molecular weight excluding hydrogens is 214 g/mol. The van der Waals surface area contributed by atoms with Crippen LogP contribution in [-0.4, -0.2) is 51.3 Å². The van der Waals surface area contributed by atoms with Gasteiger partial charge in [-0.15, -0.1) is 0 Å². The quantitative estimate of drug-likeness (QED) is 0.437. The fourth-order valence-electron chi connectivity index (χ4n) is 2.16. The van der Waals surface area contributed by atoms with Gasteiger partial charge in [0.05, 0.1) is 6.61 Å². The van der Waals surface area contributed by atoms with E-state index in [0.29, 0.717) is 5.92 Å². The molecule has 1 N–H and O–H groups in total. The second-order valence-corrected chi connectivity index (χ2v) is 4.79. The maximum Gasteiger partial charge on any atom is 0.193 e. The second kappa shape index (κ2) is 8.34. The van der Waals surface area contributed by atoms with Gasteiger partial charge < -0.3 is 15.0 Å². The van der Waals surface area contributed by atoms with Crippen LogP contribution in [0, 0.1) is 5.92 Å². The minimum absolute atomic E-state index is 0.661. The Bertz CT molecular complexity index is 225. The summed E-state index contributed by atoms with van der Waals surface area (Å²) in [5, 5.41) is 3.41. The van der Waals surface area contributed by atoms with Crippen LogP contribution >= 0.6 is 0 Å². The van der Waals surface area contributed by atoms with Crippen molar-refractivity contribution in [3.63, 3.8) is 0 Å². The Morgan fingerprint density at radius 1 is 1.47 bits per heavy atom. The summed E-state index contributed by atoms with van der Waals surface area (Å²) in [5.41, 5.74) is 0. The van der Waals surface area contributed by atoms with E-state index in [-0.39, 0.29) is 0 Å². The van der Waals surface area contributed by atoms with Gasteiger partial charge in [-0.1, -0.05) is 19.8 Å². The maximum atomic E-state index is 5.40. The first-order chi connectivity index (χ1) is 8.27. The number of unbranched alkanes of at least 4 members (excludes halogenated alkanes) is 2. The van der Waals surface area contributed by atoms with Gasteiger partial charge >= 0.3 is 0 Å². The van der Waals surface area contributed by atoms with E-state index in [4.69, 9.17) is 4.74 Å². The lowest BCUT2D eigenvalue weighted by Gasteiger charge is -2.24. The van der Waals surface area contributed by atoms with E-state index in [2.05, 4.69) is 29.2 Å². The first-order valence-corrected chi connectivity index (χ1v) is 6.77. The summed E-state index contributed by atoms with van der Waals surface area (Å²) in [4.78, 5) is 6.53. The molecule has 0 aliphatic carbocycles. The smallest absolute Gasteiger partial charge is 0.193 e. The summed E-state index contributed by atoms with van der Waals surface area (Å²) in [7, 11) is 3.96. The zero-order valence-electron chi connectivity index (χ0n) is 11.5. The zero-order valence-corrected chi connectivity index (χ0v) is 11.5. The van der Waals surface area contributed by atoms with E-state index in [1.807, 2.05) is 7.05 Å². The van der Waals surface area contributed by atoms with Gasteiger partial charge in [-0.3, -0.25) is 4.99 Å². The molecule has 1 rings (SSSR count). The predicted molar refractivity (Wildman–Crippen MR) is 72.4 cm³/mol. The minimum atomic E-state index is 0.661. The van der Waals surface area contributed by atoms with Gasteiger partial charge in [0.25, 0.3) is 0 Å². The minimum Gasteiger partial charge on any atom is -0.381 e. The van der Waals surface area contributed by atoms with Crippen molar-refractivity contribution in [1.29, 1.82) is 0 Å². The fraction of sp³-hybridized carbons (Fsp3) is 0.923. The van der Waals surface area contributed by atoms with Crippen molar-refractivity contribution in [2.75, 3.05) is 40.4 Å². The average Bonchev–Trinajstić information content (AvgIpc) is 2.82. The summed E-state index contributed by atoms with van der Waals surface area (Å²) in [5.74, 6) is 1.67. The number of guanidine groups is 1. The van der Waals surface area contributed by atoms with Crippen molar-refractivity contribution < 1.29 is 4.74 Å². The molecule has 0 saturated carbocycles. The highest BCUT2D eigenvalue weighted by Crippen LogP contribution is 2.13. The monoisotopic (exact) mass is 241 g/mol. The van der Waals surface area contributed by atoms with Crippen LogP contribution in [-0.2, 0) is 4.74 Å². The van der Waals surface area contributed by atoms with Gasteiger partial charge in [-0.05, 0) is 12.8 Å². The number of nitrogens with one attached hydrogen (secondary N) is 1. The summed E-state index contributed by atoms with van der Waals surface area (Å²) >= 11 is 0. The molecule has 100 valence electrons. The van der Waals surface area contributed by atoms with E-state index in [1.54, 1.807) is 0 Å². The number of rotatable bonds is 6. The van der Waals surface area contributed by atoms with E-state index in [9.17, 15) is 0 Å². The highest BCUT2D eigenvalue weighted by Gasteiger charge is 2.18. The van der Waals surface area contributed by atoms with Gasteiger partial charge in [-0.25, -0.2) is 0 Å². The number of nitrogens with zero attached hydrogens (tertiary/aromatic N) is 2. The molecule has 4 heteroatoms. The Hall–Kier alpha value is -0.770. The molecule has 1 fully saturated rings. The molecule has 1 heterocycles. The number of hydrogen-bond acceptors (Lipinski definition) is 2. The van der Waals surface area contributed by atoms with Crippen LogP contribution in [0.4, 0.5) is 0 Å². The van der Waals surface area contributed by atoms with Crippen LogP contribution in [0.3, 0.4) is 0 Å². The van der Waals surface area contributed by atoms with E-state index < -0.39 is 0 Å². The highest BCUT2D eigenvalue weighted by molar-refractivity contribution is 5.79. The van der Waals surface area contributed by atoms with Crippen LogP contribution < -0.4 is 5.32 Å². The topological polar surface area (TPSA) is 36.9 Å². The standard InChI is InChI=1S/C13H27N3O/c1-4-5-6-8-15-13(14-2)16(3)10-12-7-9-17-11-12/h12H,4-11H2,1-3H3,(H,14,15). The van der Waals surface area contributed by atoms with Crippen molar-refractivity contribution in [2.45, 2.75) is 32.6 Å². The van der Waals surface area contributed by atoms with E-state index in [0.717, 1.165) is 32.3 Å². The molecule has 1 saturated heterocycles. The average molecular weight is 241 g/mol. The van der Waals surface area contributed by atoms with E-state index in [1.165, 1.54) is 25.7 Å². The maximum absolute atomic E-state index is 5.40. The summed E-state index contributed by atoms with van der Waals surface area (Å²) < 4.78 is 5.40. The van der Waals surface area contributed by atoms with Crippen molar-refractivity contribution in [1.82, 2.24) is 10.2 Å².